The molecule has 0 heterocycles. The summed E-state index contributed by atoms with van der Waals surface area (Å²) in [6.07, 6.45) is 1.35. The van der Waals surface area contributed by atoms with Crippen molar-refractivity contribution in [1.29, 1.82) is 0 Å². The van der Waals surface area contributed by atoms with Crippen LogP contribution in [0.15, 0.2) is 63.7 Å². The van der Waals surface area contributed by atoms with Crippen molar-refractivity contribution in [2.24, 2.45) is 21.6 Å². The highest BCUT2D eigenvalue weighted by atomic mass is 35.5. The Labute approximate surface area is 159 Å². The second-order valence-electron chi connectivity index (χ2n) is 4.79. The van der Waals surface area contributed by atoms with Crippen LogP contribution in [0.25, 0.3) is 0 Å². The molecule has 0 unspecified atom stereocenters. The van der Waals surface area contributed by atoms with Gasteiger partial charge in [-0.2, -0.15) is 0 Å². The molecule has 0 spiro atoms. The van der Waals surface area contributed by atoms with Crippen LogP contribution in [0.1, 0.15) is 0 Å². The molecule has 6 nitrogen and oxygen atoms in total. The first-order valence-corrected chi connectivity index (χ1v) is 8.57. The number of para-hydroxylation sites is 1. The average Bonchev–Trinajstić information content (AvgIpc) is 2.60. The largest absolute Gasteiger partial charge is 0.393 e. The molecule has 0 fully saturated rings. The molecule has 0 aliphatic heterocycles. The Hall–Kier alpha value is -2.19. The van der Waals surface area contributed by atoms with Gasteiger partial charge in [0, 0.05) is 10.6 Å². The molecule has 0 saturated carbocycles. The Kier molecular flexibility index (Phi) is 6.72. The molecule has 0 aliphatic rings. The van der Waals surface area contributed by atoms with Crippen LogP contribution < -0.4 is 21.9 Å². The standard InChI is InChI=1S/C16H15Cl2N5OS/c17-11-2-1-3-12(18)15(11)22-8-13(14(19)16(20)24)23-9-4-6-10(25-21)7-5-9/h1-8,23H,19,21H2,(H2,20,24)/b14-13+,22-8?. The zero-order valence-corrected chi connectivity index (χ0v) is 15.2. The molecule has 25 heavy (non-hydrogen) atoms. The van der Waals surface area contributed by atoms with Gasteiger partial charge >= 0.3 is 0 Å². The summed E-state index contributed by atoms with van der Waals surface area (Å²) in [5.74, 6) is -0.784. The van der Waals surface area contributed by atoms with E-state index >= 15 is 0 Å². The molecule has 7 N–H and O–H groups in total. The maximum atomic E-state index is 11.4. The van der Waals surface area contributed by atoms with Gasteiger partial charge in [-0.25, -0.2) is 0 Å². The molecule has 2 aromatic rings. The van der Waals surface area contributed by atoms with Crippen LogP contribution in [-0.4, -0.2) is 12.1 Å². The van der Waals surface area contributed by atoms with Crippen molar-refractivity contribution in [1.82, 2.24) is 0 Å². The number of nitrogens with zero attached hydrogens (tertiary/aromatic N) is 1. The molecule has 2 rings (SSSR count). The summed E-state index contributed by atoms with van der Waals surface area (Å²) in [7, 11) is 0. The Morgan fingerprint density at radius 2 is 1.68 bits per heavy atom. The van der Waals surface area contributed by atoms with Gasteiger partial charge in [-0.15, -0.1) is 0 Å². The number of amides is 1. The number of hydrogen-bond donors (Lipinski definition) is 4. The molecule has 130 valence electrons. The Balaban J connectivity index is 2.35. The van der Waals surface area contributed by atoms with E-state index in [2.05, 4.69) is 10.3 Å². The van der Waals surface area contributed by atoms with Crippen LogP contribution in [0.5, 0.6) is 0 Å². The Morgan fingerprint density at radius 1 is 1.08 bits per heavy atom. The third kappa shape index (κ3) is 5.14. The number of carbonyl (C=O) groups is 1. The number of carbonyl (C=O) groups excluding carboxylic acids is 1. The van der Waals surface area contributed by atoms with Crippen LogP contribution in [0.3, 0.4) is 0 Å². The lowest BCUT2D eigenvalue weighted by atomic mass is 10.2. The molecular formula is C16H15Cl2N5OS. The molecule has 0 saturated heterocycles. The first-order chi connectivity index (χ1) is 11.9. The quantitative estimate of drug-likeness (QED) is 0.339. The van der Waals surface area contributed by atoms with Crippen molar-refractivity contribution < 1.29 is 4.79 Å². The maximum absolute atomic E-state index is 11.4. The van der Waals surface area contributed by atoms with Gasteiger partial charge in [0.15, 0.2) is 0 Å². The Bertz CT molecular complexity index is 817. The molecule has 0 radical (unpaired) electrons. The molecule has 0 aromatic heterocycles. The minimum Gasteiger partial charge on any atom is -0.393 e. The summed E-state index contributed by atoms with van der Waals surface area (Å²) < 4.78 is 0. The molecular weight excluding hydrogens is 381 g/mol. The summed E-state index contributed by atoms with van der Waals surface area (Å²) in [6.45, 7) is 0. The first-order valence-electron chi connectivity index (χ1n) is 6.94. The summed E-state index contributed by atoms with van der Waals surface area (Å²) in [5, 5.41) is 9.21. The lowest BCUT2D eigenvalue weighted by Gasteiger charge is -2.10. The number of primary amides is 1. The van der Waals surface area contributed by atoms with Crippen LogP contribution in [0, 0.1) is 0 Å². The summed E-state index contributed by atoms with van der Waals surface area (Å²) >= 11 is 13.3. The topological polar surface area (TPSA) is 120 Å². The molecule has 0 aliphatic carbocycles. The normalized spacial score (nSPS) is 12.1. The maximum Gasteiger partial charge on any atom is 0.266 e. The predicted molar refractivity (Wildman–Crippen MR) is 105 cm³/mol. The zero-order chi connectivity index (χ0) is 18.4. The van der Waals surface area contributed by atoms with E-state index in [0.29, 0.717) is 21.4 Å². The minimum absolute atomic E-state index is 0.177. The van der Waals surface area contributed by atoms with Crippen LogP contribution in [-0.2, 0) is 4.79 Å². The average molecular weight is 396 g/mol. The molecule has 0 bridgehead atoms. The number of halogens is 2. The second kappa shape index (κ2) is 8.77. The molecule has 9 heteroatoms. The van der Waals surface area contributed by atoms with Crippen molar-refractivity contribution in [3.63, 3.8) is 0 Å². The fraction of sp³-hybridized carbons (Fsp3) is 0. The third-order valence-electron chi connectivity index (χ3n) is 3.09. The monoisotopic (exact) mass is 395 g/mol. The summed E-state index contributed by atoms with van der Waals surface area (Å²) in [5.41, 5.74) is 12.1. The summed E-state index contributed by atoms with van der Waals surface area (Å²) in [4.78, 5) is 16.5. The highest BCUT2D eigenvalue weighted by Crippen LogP contribution is 2.32. The smallest absolute Gasteiger partial charge is 0.266 e. The van der Waals surface area contributed by atoms with Crippen molar-refractivity contribution in [3.8, 4) is 0 Å². The minimum atomic E-state index is -0.784. The van der Waals surface area contributed by atoms with Gasteiger partial charge < -0.3 is 16.8 Å². The van der Waals surface area contributed by atoms with Crippen molar-refractivity contribution >= 4 is 58.6 Å². The zero-order valence-electron chi connectivity index (χ0n) is 12.9. The number of nitrogens with two attached hydrogens (primary N) is 3. The number of rotatable bonds is 6. The van der Waals surface area contributed by atoms with E-state index in [4.69, 9.17) is 39.8 Å². The van der Waals surface area contributed by atoms with Gasteiger partial charge in [-0.3, -0.25) is 14.9 Å². The number of allylic oxidation sites excluding steroid dienone is 1. The van der Waals surface area contributed by atoms with Crippen molar-refractivity contribution in [2.45, 2.75) is 4.90 Å². The van der Waals surface area contributed by atoms with E-state index in [1.807, 2.05) is 12.1 Å². The van der Waals surface area contributed by atoms with Gasteiger partial charge in [0.05, 0.1) is 22.0 Å². The highest BCUT2D eigenvalue weighted by molar-refractivity contribution is 7.97. The Morgan fingerprint density at radius 3 is 2.20 bits per heavy atom. The molecule has 1 amide bonds. The predicted octanol–water partition coefficient (Wildman–Crippen LogP) is 3.43. The molecule has 0 atom stereocenters. The van der Waals surface area contributed by atoms with Gasteiger partial charge in [-0.05, 0) is 48.3 Å². The number of hydrogen-bond acceptors (Lipinski definition) is 6. The van der Waals surface area contributed by atoms with Crippen molar-refractivity contribution in [2.75, 3.05) is 5.32 Å². The summed E-state index contributed by atoms with van der Waals surface area (Å²) in [6, 6.07) is 12.2. The second-order valence-corrected chi connectivity index (χ2v) is 6.31. The van der Waals surface area contributed by atoms with E-state index in [-0.39, 0.29) is 11.4 Å². The lowest BCUT2D eigenvalue weighted by Crippen LogP contribution is -2.25. The van der Waals surface area contributed by atoms with Gasteiger partial charge in [0.25, 0.3) is 5.91 Å². The first kappa shape index (κ1) is 19.1. The van der Waals surface area contributed by atoms with Crippen LogP contribution in [0.4, 0.5) is 11.4 Å². The van der Waals surface area contributed by atoms with E-state index in [1.54, 1.807) is 30.3 Å². The van der Waals surface area contributed by atoms with E-state index < -0.39 is 5.91 Å². The van der Waals surface area contributed by atoms with Gasteiger partial charge in [0.1, 0.15) is 11.4 Å². The van der Waals surface area contributed by atoms with Gasteiger partial charge in [0.2, 0.25) is 0 Å². The fourth-order valence-electron chi connectivity index (χ4n) is 1.82. The van der Waals surface area contributed by atoms with Gasteiger partial charge in [-0.1, -0.05) is 29.3 Å². The van der Waals surface area contributed by atoms with E-state index in [9.17, 15) is 4.79 Å². The number of nitrogens with one attached hydrogen (secondary N) is 1. The number of benzene rings is 2. The third-order valence-corrected chi connectivity index (χ3v) is 4.24. The number of aliphatic imine (C=N–C) groups is 1. The lowest BCUT2D eigenvalue weighted by molar-refractivity contribution is -0.114. The number of anilines is 1. The van der Waals surface area contributed by atoms with Crippen LogP contribution in [0.2, 0.25) is 10.0 Å². The SMILES string of the molecule is NSc1ccc(N/C(C=Nc2c(Cl)cccc2Cl)=C(/N)C(N)=O)cc1. The fourth-order valence-corrected chi connectivity index (χ4v) is 2.60. The van der Waals surface area contributed by atoms with E-state index in [1.165, 1.54) is 6.21 Å². The van der Waals surface area contributed by atoms with E-state index in [0.717, 1.165) is 16.8 Å². The highest BCUT2D eigenvalue weighted by Gasteiger charge is 2.09. The molecule has 2 aromatic carbocycles. The van der Waals surface area contributed by atoms with Crippen LogP contribution >= 0.6 is 35.1 Å². The van der Waals surface area contributed by atoms with Crippen molar-refractivity contribution in [3.05, 3.63) is 63.9 Å².